The minimum Gasteiger partial charge on any atom is -0.496 e. The predicted octanol–water partition coefficient (Wildman–Crippen LogP) is 2.85. The van der Waals surface area contributed by atoms with Crippen LogP contribution in [0.4, 0.5) is 0 Å². The number of aryl methyl sites for hydroxylation is 2. The number of thiazole rings is 1. The van der Waals surface area contributed by atoms with E-state index in [0.29, 0.717) is 5.71 Å². The molecule has 1 heterocycles. The summed E-state index contributed by atoms with van der Waals surface area (Å²) in [5.41, 5.74) is 6.00. The number of amides is 1. The number of hydrazone groups is 1. The summed E-state index contributed by atoms with van der Waals surface area (Å²) in [7, 11) is 1.62. The molecule has 1 N–H and O–H groups in total. The third-order valence-electron chi connectivity index (χ3n) is 3.10. The first-order chi connectivity index (χ1) is 10.5. The molecular weight excluding hydrogens is 298 g/mol. The quantitative estimate of drug-likeness (QED) is 0.681. The molecule has 0 atom stereocenters. The summed E-state index contributed by atoms with van der Waals surface area (Å²) < 4.78 is 5.32. The molecule has 0 aliphatic heterocycles. The maximum atomic E-state index is 11.9. The van der Waals surface area contributed by atoms with Crippen molar-refractivity contribution in [1.29, 1.82) is 0 Å². The Morgan fingerprint density at radius 3 is 2.82 bits per heavy atom. The lowest BCUT2D eigenvalue weighted by molar-refractivity contribution is -0.120. The number of aromatic nitrogens is 1. The van der Waals surface area contributed by atoms with E-state index < -0.39 is 0 Å². The highest BCUT2D eigenvalue weighted by atomic mass is 32.1. The maximum Gasteiger partial charge on any atom is 0.246 e. The average Bonchev–Trinajstić information content (AvgIpc) is 2.89. The molecule has 0 unspecified atom stereocenters. The van der Waals surface area contributed by atoms with Crippen molar-refractivity contribution in [3.8, 4) is 5.75 Å². The molecule has 6 heteroatoms. The van der Waals surface area contributed by atoms with Crippen LogP contribution in [-0.2, 0) is 11.2 Å². The molecule has 1 aromatic heterocycles. The Bertz CT molecular complexity index is 707. The summed E-state index contributed by atoms with van der Waals surface area (Å²) in [4.78, 5) is 16.2. The minimum atomic E-state index is -0.184. The van der Waals surface area contributed by atoms with E-state index in [1.807, 2.05) is 44.4 Å². The van der Waals surface area contributed by atoms with Crippen molar-refractivity contribution in [2.24, 2.45) is 5.10 Å². The Balaban J connectivity index is 2.06. The van der Waals surface area contributed by atoms with Gasteiger partial charge in [0.1, 0.15) is 5.75 Å². The Hall–Kier alpha value is -2.21. The van der Waals surface area contributed by atoms with Crippen LogP contribution < -0.4 is 10.2 Å². The normalized spacial score (nSPS) is 11.4. The molecule has 1 amide bonds. The van der Waals surface area contributed by atoms with Crippen LogP contribution >= 0.6 is 11.3 Å². The van der Waals surface area contributed by atoms with Gasteiger partial charge in [0.2, 0.25) is 5.91 Å². The van der Waals surface area contributed by atoms with Crippen LogP contribution in [0.15, 0.2) is 28.7 Å². The number of methoxy groups -OCH3 is 1. The molecule has 0 radical (unpaired) electrons. The van der Waals surface area contributed by atoms with E-state index in [1.165, 1.54) is 11.3 Å². The topological polar surface area (TPSA) is 63.6 Å². The van der Waals surface area contributed by atoms with Crippen molar-refractivity contribution < 1.29 is 9.53 Å². The Morgan fingerprint density at radius 1 is 1.41 bits per heavy atom. The van der Waals surface area contributed by atoms with Gasteiger partial charge in [0.25, 0.3) is 0 Å². The molecule has 0 bridgehead atoms. The van der Waals surface area contributed by atoms with Gasteiger partial charge in [-0.2, -0.15) is 5.10 Å². The zero-order chi connectivity index (χ0) is 16.1. The second-order valence-corrected chi connectivity index (χ2v) is 6.03. The second kappa shape index (κ2) is 7.17. The minimum absolute atomic E-state index is 0.184. The molecule has 5 nitrogen and oxygen atoms in total. The van der Waals surface area contributed by atoms with Crippen LogP contribution in [0.3, 0.4) is 0 Å². The standard InChI is InChI=1S/C16H19N3O2S/c1-10-5-6-15(21-4)14(7-10)11(2)18-19-16(20)8-13-9-22-12(3)17-13/h5-7,9H,8H2,1-4H3,(H,19,20)/b18-11-. The van der Waals surface area contributed by atoms with Gasteiger partial charge in [0, 0.05) is 10.9 Å². The van der Waals surface area contributed by atoms with E-state index in [1.54, 1.807) is 7.11 Å². The highest BCUT2D eigenvalue weighted by Gasteiger charge is 2.09. The molecule has 22 heavy (non-hydrogen) atoms. The van der Waals surface area contributed by atoms with Gasteiger partial charge >= 0.3 is 0 Å². The van der Waals surface area contributed by atoms with Crippen molar-refractivity contribution in [3.63, 3.8) is 0 Å². The number of ether oxygens (including phenoxy) is 1. The number of hydrogen-bond donors (Lipinski definition) is 1. The first-order valence-electron chi connectivity index (χ1n) is 6.88. The summed E-state index contributed by atoms with van der Waals surface area (Å²) in [5.74, 6) is 0.549. The number of carbonyl (C=O) groups is 1. The van der Waals surface area contributed by atoms with Crippen LogP contribution in [0, 0.1) is 13.8 Å². The van der Waals surface area contributed by atoms with Crippen LogP contribution in [0.2, 0.25) is 0 Å². The molecule has 0 saturated heterocycles. The second-order valence-electron chi connectivity index (χ2n) is 4.97. The average molecular weight is 317 g/mol. The van der Waals surface area contributed by atoms with E-state index >= 15 is 0 Å². The van der Waals surface area contributed by atoms with Gasteiger partial charge in [-0.15, -0.1) is 11.3 Å². The monoisotopic (exact) mass is 317 g/mol. The molecule has 1 aromatic carbocycles. The Labute approximate surface area is 134 Å². The molecule has 0 aliphatic carbocycles. The fraction of sp³-hybridized carbons (Fsp3) is 0.312. The summed E-state index contributed by atoms with van der Waals surface area (Å²) in [6.45, 7) is 5.75. The van der Waals surface area contributed by atoms with Crippen molar-refractivity contribution >= 4 is 23.0 Å². The highest BCUT2D eigenvalue weighted by Crippen LogP contribution is 2.20. The molecule has 0 aliphatic rings. The summed E-state index contributed by atoms with van der Waals surface area (Å²) >= 11 is 1.53. The van der Waals surface area contributed by atoms with Gasteiger partial charge in [-0.1, -0.05) is 11.6 Å². The van der Waals surface area contributed by atoms with Crippen molar-refractivity contribution in [1.82, 2.24) is 10.4 Å². The van der Waals surface area contributed by atoms with Gasteiger partial charge in [-0.25, -0.2) is 10.4 Å². The van der Waals surface area contributed by atoms with E-state index in [4.69, 9.17) is 4.74 Å². The summed E-state index contributed by atoms with van der Waals surface area (Å²) in [6, 6.07) is 5.84. The van der Waals surface area contributed by atoms with Crippen LogP contribution in [0.1, 0.15) is 28.8 Å². The van der Waals surface area contributed by atoms with Gasteiger partial charge in [0.05, 0.1) is 29.9 Å². The maximum absolute atomic E-state index is 11.9. The van der Waals surface area contributed by atoms with Crippen LogP contribution in [0.25, 0.3) is 0 Å². The van der Waals surface area contributed by atoms with E-state index in [0.717, 1.165) is 27.6 Å². The van der Waals surface area contributed by atoms with Gasteiger partial charge < -0.3 is 4.74 Å². The largest absolute Gasteiger partial charge is 0.496 e. The Morgan fingerprint density at radius 2 is 2.18 bits per heavy atom. The van der Waals surface area contributed by atoms with Gasteiger partial charge in [-0.3, -0.25) is 4.79 Å². The third-order valence-corrected chi connectivity index (χ3v) is 3.92. The first kappa shape index (κ1) is 16.2. The lowest BCUT2D eigenvalue weighted by Gasteiger charge is -2.09. The van der Waals surface area contributed by atoms with E-state index in [-0.39, 0.29) is 12.3 Å². The lowest BCUT2D eigenvalue weighted by atomic mass is 10.1. The van der Waals surface area contributed by atoms with Crippen molar-refractivity contribution in [3.05, 3.63) is 45.4 Å². The van der Waals surface area contributed by atoms with Crippen molar-refractivity contribution in [2.45, 2.75) is 27.2 Å². The molecule has 2 aromatic rings. The fourth-order valence-electron chi connectivity index (χ4n) is 2.00. The highest BCUT2D eigenvalue weighted by molar-refractivity contribution is 7.09. The van der Waals surface area contributed by atoms with Gasteiger partial charge in [-0.05, 0) is 32.9 Å². The van der Waals surface area contributed by atoms with E-state index in [9.17, 15) is 4.79 Å². The third kappa shape index (κ3) is 4.14. The SMILES string of the molecule is COc1ccc(C)cc1/C(C)=N\NC(=O)Cc1csc(C)n1. The predicted molar refractivity (Wildman–Crippen MR) is 88.6 cm³/mol. The molecule has 2 rings (SSSR count). The first-order valence-corrected chi connectivity index (χ1v) is 7.76. The summed E-state index contributed by atoms with van der Waals surface area (Å²) in [5, 5.41) is 6.99. The molecule has 0 saturated carbocycles. The number of rotatable bonds is 5. The smallest absolute Gasteiger partial charge is 0.246 e. The zero-order valence-electron chi connectivity index (χ0n) is 13.1. The molecule has 0 spiro atoms. The van der Waals surface area contributed by atoms with Crippen molar-refractivity contribution in [2.75, 3.05) is 7.11 Å². The zero-order valence-corrected chi connectivity index (χ0v) is 14.0. The van der Waals surface area contributed by atoms with Crippen LogP contribution in [-0.4, -0.2) is 23.7 Å². The van der Waals surface area contributed by atoms with Gasteiger partial charge in [0.15, 0.2) is 0 Å². The fourth-order valence-corrected chi connectivity index (χ4v) is 2.62. The molecular formula is C16H19N3O2S. The molecule has 116 valence electrons. The number of nitrogens with one attached hydrogen (secondary N) is 1. The summed E-state index contributed by atoms with van der Waals surface area (Å²) in [6.07, 6.45) is 0.228. The van der Waals surface area contributed by atoms with E-state index in [2.05, 4.69) is 15.5 Å². The number of hydrogen-bond acceptors (Lipinski definition) is 5. The Kier molecular flexibility index (Phi) is 5.27. The number of nitrogens with zero attached hydrogens (tertiary/aromatic N) is 2. The number of benzene rings is 1. The lowest BCUT2D eigenvalue weighted by Crippen LogP contribution is -2.21. The molecule has 0 fully saturated rings. The van der Waals surface area contributed by atoms with Crippen LogP contribution in [0.5, 0.6) is 5.75 Å². The number of carbonyl (C=O) groups excluding carboxylic acids is 1.